The molecule has 0 spiro atoms. The second kappa shape index (κ2) is 6.77. The van der Waals surface area contributed by atoms with Gasteiger partial charge in [-0.3, -0.25) is 4.79 Å². The molecular weight excluding hydrogens is 278 g/mol. The lowest BCUT2D eigenvalue weighted by Crippen LogP contribution is -2.42. The minimum Gasteiger partial charge on any atom is -0.350 e. The first kappa shape index (κ1) is 15.5. The average Bonchev–Trinajstić information content (AvgIpc) is 3.00. The molecule has 0 bridgehead atoms. The number of amides is 1. The van der Waals surface area contributed by atoms with Crippen molar-refractivity contribution in [2.24, 2.45) is 5.41 Å². The summed E-state index contributed by atoms with van der Waals surface area (Å²) in [5.74, 6) is -0.0810. The summed E-state index contributed by atoms with van der Waals surface area (Å²) in [4.78, 5) is 12.3. The minimum atomic E-state index is -0.0810. The van der Waals surface area contributed by atoms with Crippen LogP contribution in [-0.4, -0.2) is 40.5 Å². The van der Waals surface area contributed by atoms with Crippen molar-refractivity contribution < 1.29 is 4.79 Å². The van der Waals surface area contributed by atoms with Gasteiger partial charge in [0.2, 0.25) is 0 Å². The van der Waals surface area contributed by atoms with Gasteiger partial charge < -0.3 is 10.6 Å². The van der Waals surface area contributed by atoms with E-state index in [9.17, 15) is 4.79 Å². The molecule has 22 heavy (non-hydrogen) atoms. The molecule has 2 N–H and O–H groups in total. The molecule has 1 saturated carbocycles. The molecule has 1 aliphatic heterocycles. The van der Waals surface area contributed by atoms with Crippen LogP contribution in [-0.2, 0) is 0 Å². The van der Waals surface area contributed by atoms with Crippen LogP contribution in [0.25, 0.3) is 0 Å². The SMILES string of the molecule is CCCC1(CNC(=O)c2cn(C3CCNCC3)nn2)CCC1. The number of aromatic nitrogens is 3. The van der Waals surface area contributed by atoms with Gasteiger partial charge in [0.05, 0.1) is 12.2 Å². The van der Waals surface area contributed by atoms with Crippen LogP contribution in [0.15, 0.2) is 6.20 Å². The molecule has 3 rings (SSSR count). The van der Waals surface area contributed by atoms with E-state index < -0.39 is 0 Å². The summed E-state index contributed by atoms with van der Waals surface area (Å²) in [5, 5.41) is 14.6. The van der Waals surface area contributed by atoms with Crippen molar-refractivity contribution >= 4 is 5.91 Å². The van der Waals surface area contributed by atoms with Gasteiger partial charge in [0.25, 0.3) is 5.91 Å². The molecule has 0 aromatic carbocycles. The van der Waals surface area contributed by atoms with E-state index in [4.69, 9.17) is 0 Å². The van der Waals surface area contributed by atoms with Crippen LogP contribution in [0, 0.1) is 5.41 Å². The fourth-order valence-corrected chi connectivity index (χ4v) is 3.71. The van der Waals surface area contributed by atoms with E-state index in [0.29, 0.717) is 17.2 Å². The van der Waals surface area contributed by atoms with Crippen molar-refractivity contribution in [1.29, 1.82) is 0 Å². The zero-order valence-corrected chi connectivity index (χ0v) is 13.5. The van der Waals surface area contributed by atoms with Crippen LogP contribution in [0.2, 0.25) is 0 Å². The molecule has 6 nitrogen and oxygen atoms in total. The van der Waals surface area contributed by atoms with E-state index in [2.05, 4.69) is 27.9 Å². The lowest BCUT2D eigenvalue weighted by atomic mass is 9.66. The highest BCUT2D eigenvalue weighted by molar-refractivity contribution is 5.91. The Morgan fingerprint density at radius 1 is 1.45 bits per heavy atom. The monoisotopic (exact) mass is 305 g/mol. The molecular formula is C16H27N5O. The zero-order valence-electron chi connectivity index (χ0n) is 13.5. The summed E-state index contributed by atoms with van der Waals surface area (Å²) in [5.41, 5.74) is 0.791. The maximum Gasteiger partial charge on any atom is 0.273 e. The van der Waals surface area contributed by atoms with Crippen molar-refractivity contribution in [2.75, 3.05) is 19.6 Å². The van der Waals surface area contributed by atoms with E-state index in [0.717, 1.165) is 32.5 Å². The van der Waals surface area contributed by atoms with Gasteiger partial charge in [0.1, 0.15) is 0 Å². The molecule has 2 fully saturated rings. The highest BCUT2D eigenvalue weighted by atomic mass is 16.2. The highest BCUT2D eigenvalue weighted by Gasteiger charge is 2.36. The maximum atomic E-state index is 12.3. The van der Waals surface area contributed by atoms with Crippen molar-refractivity contribution in [3.05, 3.63) is 11.9 Å². The number of carbonyl (C=O) groups is 1. The fourth-order valence-electron chi connectivity index (χ4n) is 3.71. The van der Waals surface area contributed by atoms with Crippen LogP contribution < -0.4 is 10.6 Å². The number of piperidine rings is 1. The fraction of sp³-hybridized carbons (Fsp3) is 0.812. The number of nitrogens with one attached hydrogen (secondary N) is 2. The Kier molecular flexibility index (Phi) is 4.76. The zero-order chi connectivity index (χ0) is 15.4. The van der Waals surface area contributed by atoms with Crippen molar-refractivity contribution in [2.45, 2.75) is 57.9 Å². The molecule has 0 unspecified atom stereocenters. The molecule has 6 heteroatoms. The first-order chi connectivity index (χ1) is 10.7. The molecule has 1 aromatic rings. The first-order valence-corrected chi connectivity index (χ1v) is 8.63. The van der Waals surface area contributed by atoms with E-state index >= 15 is 0 Å². The summed E-state index contributed by atoms with van der Waals surface area (Å²) in [6.45, 7) is 5.00. The second-order valence-electron chi connectivity index (χ2n) is 6.85. The summed E-state index contributed by atoms with van der Waals surface area (Å²) in [6, 6.07) is 0.369. The van der Waals surface area contributed by atoms with Crippen LogP contribution in [0.1, 0.15) is 68.4 Å². The summed E-state index contributed by atoms with van der Waals surface area (Å²) >= 11 is 0. The Balaban J connectivity index is 1.55. The molecule has 122 valence electrons. The highest BCUT2D eigenvalue weighted by Crippen LogP contribution is 2.44. The standard InChI is InChI=1S/C16H27N5O/c1-2-6-16(7-3-8-16)12-18-15(22)14-11-21(20-19-14)13-4-9-17-10-5-13/h11,13,17H,2-10,12H2,1H3,(H,18,22). The average molecular weight is 305 g/mol. The first-order valence-electron chi connectivity index (χ1n) is 8.63. The van der Waals surface area contributed by atoms with Crippen LogP contribution >= 0.6 is 0 Å². The van der Waals surface area contributed by atoms with Crippen LogP contribution in [0.5, 0.6) is 0 Å². The quantitative estimate of drug-likeness (QED) is 0.842. The predicted molar refractivity (Wildman–Crippen MR) is 84.7 cm³/mol. The van der Waals surface area contributed by atoms with Gasteiger partial charge in [-0.05, 0) is 50.6 Å². The Morgan fingerprint density at radius 3 is 2.86 bits per heavy atom. The van der Waals surface area contributed by atoms with E-state index in [-0.39, 0.29) is 5.91 Å². The molecule has 1 aliphatic carbocycles. The summed E-state index contributed by atoms with van der Waals surface area (Å²) in [6.07, 6.45) is 10.1. The Morgan fingerprint density at radius 2 is 2.23 bits per heavy atom. The second-order valence-corrected chi connectivity index (χ2v) is 6.85. The Labute approximate surface area is 132 Å². The van der Waals surface area contributed by atoms with E-state index in [1.165, 1.54) is 32.1 Å². The summed E-state index contributed by atoms with van der Waals surface area (Å²) in [7, 11) is 0. The molecule has 1 aromatic heterocycles. The predicted octanol–water partition coefficient (Wildman–Crippen LogP) is 1.90. The molecule has 2 aliphatic rings. The molecule has 0 atom stereocenters. The van der Waals surface area contributed by atoms with Gasteiger partial charge in [0, 0.05) is 6.54 Å². The third-order valence-corrected chi connectivity index (χ3v) is 5.24. The smallest absolute Gasteiger partial charge is 0.273 e. The van der Waals surface area contributed by atoms with E-state index in [1.807, 2.05) is 4.68 Å². The third kappa shape index (κ3) is 3.32. The van der Waals surface area contributed by atoms with Gasteiger partial charge in [-0.15, -0.1) is 5.10 Å². The Bertz CT molecular complexity index is 502. The number of nitrogens with zero attached hydrogens (tertiary/aromatic N) is 3. The third-order valence-electron chi connectivity index (χ3n) is 5.24. The minimum absolute atomic E-state index is 0.0810. The largest absolute Gasteiger partial charge is 0.350 e. The van der Waals surface area contributed by atoms with Gasteiger partial charge in [-0.25, -0.2) is 4.68 Å². The maximum absolute atomic E-state index is 12.3. The van der Waals surface area contributed by atoms with Crippen molar-refractivity contribution in [3.63, 3.8) is 0 Å². The molecule has 0 radical (unpaired) electrons. The van der Waals surface area contributed by atoms with Gasteiger partial charge in [-0.2, -0.15) is 0 Å². The normalized spacial score (nSPS) is 21.3. The molecule has 1 saturated heterocycles. The number of hydrogen-bond donors (Lipinski definition) is 2. The van der Waals surface area contributed by atoms with Crippen LogP contribution in [0.4, 0.5) is 0 Å². The van der Waals surface area contributed by atoms with Crippen molar-refractivity contribution in [1.82, 2.24) is 25.6 Å². The lowest BCUT2D eigenvalue weighted by molar-refractivity contribution is 0.0828. The summed E-state index contributed by atoms with van der Waals surface area (Å²) < 4.78 is 1.86. The molecule has 2 heterocycles. The van der Waals surface area contributed by atoms with Gasteiger partial charge >= 0.3 is 0 Å². The number of carbonyl (C=O) groups excluding carboxylic acids is 1. The van der Waals surface area contributed by atoms with Crippen molar-refractivity contribution in [3.8, 4) is 0 Å². The van der Waals surface area contributed by atoms with Gasteiger partial charge in [0.15, 0.2) is 5.69 Å². The topological polar surface area (TPSA) is 71.8 Å². The Hall–Kier alpha value is -1.43. The molecule has 1 amide bonds. The lowest BCUT2D eigenvalue weighted by Gasteiger charge is -2.42. The van der Waals surface area contributed by atoms with E-state index in [1.54, 1.807) is 6.20 Å². The number of rotatable bonds is 6. The van der Waals surface area contributed by atoms with Crippen LogP contribution in [0.3, 0.4) is 0 Å². The number of hydrogen-bond acceptors (Lipinski definition) is 4. The van der Waals surface area contributed by atoms with Gasteiger partial charge in [-0.1, -0.05) is 25.0 Å².